The first kappa shape index (κ1) is 19.3. The number of hydrogen-bond donors (Lipinski definition) is 1. The number of methoxy groups -OCH3 is 1. The topological polar surface area (TPSA) is 41.6 Å². The Morgan fingerprint density at radius 2 is 1.78 bits per heavy atom. The van der Waals surface area contributed by atoms with Gasteiger partial charge in [0.15, 0.2) is 0 Å². The van der Waals surface area contributed by atoms with Crippen molar-refractivity contribution in [2.24, 2.45) is 5.92 Å². The van der Waals surface area contributed by atoms with E-state index in [9.17, 15) is 4.79 Å². The third-order valence-corrected chi connectivity index (χ3v) is 5.33. The fraction of sp³-hybridized carbons (Fsp3) is 0.435. The van der Waals surface area contributed by atoms with Crippen LogP contribution in [0, 0.1) is 5.92 Å². The van der Waals surface area contributed by atoms with Crippen LogP contribution in [0.25, 0.3) is 0 Å². The van der Waals surface area contributed by atoms with Crippen molar-refractivity contribution >= 4 is 11.6 Å². The average Bonchev–Trinajstić information content (AvgIpc) is 3.52. The maximum absolute atomic E-state index is 12.5. The monoisotopic (exact) mass is 366 g/mol. The molecule has 0 aromatic heterocycles. The number of benzene rings is 2. The Labute approximate surface area is 162 Å². The van der Waals surface area contributed by atoms with E-state index in [1.54, 1.807) is 7.11 Å². The number of anilines is 1. The summed E-state index contributed by atoms with van der Waals surface area (Å²) in [5.41, 5.74) is 3.68. The number of ether oxygens (including phenoxy) is 1. The first-order valence-corrected chi connectivity index (χ1v) is 9.73. The third-order valence-electron chi connectivity index (χ3n) is 5.33. The minimum atomic E-state index is 0.146. The van der Waals surface area contributed by atoms with Crippen molar-refractivity contribution in [2.75, 3.05) is 32.6 Å². The zero-order chi connectivity index (χ0) is 19.2. The Kier molecular flexibility index (Phi) is 6.38. The van der Waals surface area contributed by atoms with E-state index < -0.39 is 0 Å². The van der Waals surface area contributed by atoms with Crippen LogP contribution >= 0.6 is 0 Å². The van der Waals surface area contributed by atoms with Crippen molar-refractivity contribution in [3.05, 3.63) is 59.7 Å². The molecule has 3 rings (SSSR count). The Bertz CT molecular complexity index is 734. The van der Waals surface area contributed by atoms with Crippen LogP contribution in [0.3, 0.4) is 0 Å². The van der Waals surface area contributed by atoms with Gasteiger partial charge in [0.05, 0.1) is 7.11 Å². The molecule has 144 valence electrons. The fourth-order valence-corrected chi connectivity index (χ4v) is 3.49. The number of amides is 1. The highest BCUT2D eigenvalue weighted by Gasteiger charge is 2.33. The third kappa shape index (κ3) is 5.49. The molecule has 2 aromatic carbocycles. The number of nitrogens with zero attached hydrogens (tertiary/aromatic N) is 1. The van der Waals surface area contributed by atoms with E-state index >= 15 is 0 Å². The Morgan fingerprint density at radius 3 is 2.33 bits per heavy atom. The summed E-state index contributed by atoms with van der Waals surface area (Å²) in [4.78, 5) is 14.6. The molecule has 1 fully saturated rings. The van der Waals surface area contributed by atoms with E-state index in [-0.39, 0.29) is 5.91 Å². The summed E-state index contributed by atoms with van der Waals surface area (Å²) in [6, 6.07) is 16.7. The SMILES string of the molecule is COc1ccc(C(CC(=O)NCCc2ccc(N(C)C)cc2)C2CC2)cc1. The zero-order valence-electron chi connectivity index (χ0n) is 16.6. The molecule has 4 heteroatoms. The molecule has 0 bridgehead atoms. The lowest BCUT2D eigenvalue weighted by atomic mass is 9.90. The lowest BCUT2D eigenvalue weighted by Gasteiger charge is -2.17. The van der Waals surface area contributed by atoms with E-state index in [4.69, 9.17) is 4.74 Å². The first-order chi connectivity index (χ1) is 13.1. The lowest BCUT2D eigenvalue weighted by molar-refractivity contribution is -0.121. The fourth-order valence-electron chi connectivity index (χ4n) is 3.49. The summed E-state index contributed by atoms with van der Waals surface area (Å²) < 4.78 is 5.24. The normalized spacial score (nSPS) is 14.5. The van der Waals surface area contributed by atoms with Crippen molar-refractivity contribution in [1.82, 2.24) is 5.32 Å². The number of hydrogen-bond acceptors (Lipinski definition) is 3. The van der Waals surface area contributed by atoms with Gasteiger partial charge >= 0.3 is 0 Å². The molecule has 27 heavy (non-hydrogen) atoms. The maximum atomic E-state index is 12.5. The molecule has 0 saturated heterocycles. The largest absolute Gasteiger partial charge is 0.497 e. The van der Waals surface area contributed by atoms with Crippen LogP contribution in [0.4, 0.5) is 5.69 Å². The molecule has 1 amide bonds. The highest BCUT2D eigenvalue weighted by Crippen LogP contribution is 2.44. The maximum Gasteiger partial charge on any atom is 0.220 e. The van der Waals surface area contributed by atoms with E-state index in [0.717, 1.165) is 12.2 Å². The van der Waals surface area contributed by atoms with E-state index in [2.05, 4.69) is 46.6 Å². The molecule has 1 saturated carbocycles. The molecule has 1 N–H and O–H groups in total. The molecule has 1 unspecified atom stereocenters. The van der Waals surface area contributed by atoms with E-state index in [1.165, 1.54) is 29.7 Å². The van der Waals surface area contributed by atoms with Gasteiger partial charge in [-0.25, -0.2) is 0 Å². The van der Waals surface area contributed by atoms with Crippen LogP contribution < -0.4 is 15.0 Å². The highest BCUT2D eigenvalue weighted by molar-refractivity contribution is 5.77. The summed E-state index contributed by atoms with van der Waals surface area (Å²) in [6.45, 7) is 0.681. The first-order valence-electron chi connectivity index (χ1n) is 9.73. The molecule has 1 atom stereocenters. The summed E-state index contributed by atoms with van der Waals surface area (Å²) >= 11 is 0. The van der Waals surface area contributed by atoms with Gasteiger partial charge in [-0.15, -0.1) is 0 Å². The second-order valence-corrected chi connectivity index (χ2v) is 7.58. The summed E-state index contributed by atoms with van der Waals surface area (Å²) in [5, 5.41) is 3.10. The number of carbonyl (C=O) groups is 1. The Balaban J connectivity index is 1.49. The van der Waals surface area contributed by atoms with Gasteiger partial charge in [-0.2, -0.15) is 0 Å². The van der Waals surface area contributed by atoms with Crippen molar-refractivity contribution in [1.29, 1.82) is 0 Å². The van der Waals surface area contributed by atoms with Gasteiger partial charge in [-0.05, 0) is 66.5 Å². The molecular weight excluding hydrogens is 336 g/mol. The molecule has 0 spiro atoms. The summed E-state index contributed by atoms with van der Waals surface area (Å²) in [6.07, 6.45) is 3.87. The Hall–Kier alpha value is -2.49. The van der Waals surface area contributed by atoms with Gasteiger partial charge in [0.1, 0.15) is 5.75 Å². The zero-order valence-corrected chi connectivity index (χ0v) is 16.6. The van der Waals surface area contributed by atoms with Crippen molar-refractivity contribution < 1.29 is 9.53 Å². The molecule has 0 heterocycles. The number of rotatable bonds is 9. The Morgan fingerprint density at radius 1 is 1.11 bits per heavy atom. The van der Waals surface area contributed by atoms with Gasteiger partial charge in [0, 0.05) is 32.7 Å². The summed E-state index contributed by atoms with van der Waals surface area (Å²) in [5.74, 6) is 1.96. The van der Waals surface area contributed by atoms with E-state index in [1.807, 2.05) is 26.2 Å². The molecule has 1 aliphatic rings. The highest BCUT2D eigenvalue weighted by atomic mass is 16.5. The lowest BCUT2D eigenvalue weighted by Crippen LogP contribution is -2.27. The minimum absolute atomic E-state index is 0.146. The van der Waals surface area contributed by atoms with Crippen molar-refractivity contribution in [3.8, 4) is 5.75 Å². The second kappa shape index (κ2) is 8.94. The van der Waals surface area contributed by atoms with Crippen LogP contribution in [0.15, 0.2) is 48.5 Å². The number of nitrogens with one attached hydrogen (secondary N) is 1. The van der Waals surface area contributed by atoms with Crippen LogP contribution in [-0.2, 0) is 11.2 Å². The van der Waals surface area contributed by atoms with E-state index in [0.29, 0.717) is 24.8 Å². The summed E-state index contributed by atoms with van der Waals surface area (Å²) in [7, 11) is 5.75. The predicted molar refractivity (Wildman–Crippen MR) is 111 cm³/mol. The van der Waals surface area contributed by atoms with Crippen molar-refractivity contribution in [2.45, 2.75) is 31.6 Å². The predicted octanol–water partition coefficient (Wildman–Crippen LogP) is 4.00. The van der Waals surface area contributed by atoms with Gasteiger partial charge < -0.3 is 15.0 Å². The molecular formula is C23H30N2O2. The minimum Gasteiger partial charge on any atom is -0.497 e. The van der Waals surface area contributed by atoms with Crippen molar-refractivity contribution in [3.63, 3.8) is 0 Å². The van der Waals surface area contributed by atoms with Crippen LogP contribution in [0.5, 0.6) is 5.75 Å². The molecule has 0 aliphatic heterocycles. The molecule has 4 nitrogen and oxygen atoms in total. The van der Waals surface area contributed by atoms with Gasteiger partial charge in [-0.3, -0.25) is 4.79 Å². The second-order valence-electron chi connectivity index (χ2n) is 7.58. The number of carbonyl (C=O) groups excluding carboxylic acids is 1. The molecule has 0 radical (unpaired) electrons. The van der Waals surface area contributed by atoms with Crippen LogP contribution in [0.2, 0.25) is 0 Å². The standard InChI is InChI=1S/C23H30N2O2/c1-25(2)20-10-4-17(5-11-20)14-15-24-23(26)16-22(18-6-7-18)19-8-12-21(27-3)13-9-19/h4-5,8-13,18,22H,6-7,14-16H2,1-3H3,(H,24,26). The van der Waals surface area contributed by atoms with Gasteiger partial charge in [0.25, 0.3) is 0 Å². The average molecular weight is 367 g/mol. The van der Waals surface area contributed by atoms with Crippen LogP contribution in [0.1, 0.15) is 36.3 Å². The molecule has 1 aliphatic carbocycles. The smallest absolute Gasteiger partial charge is 0.220 e. The quantitative estimate of drug-likeness (QED) is 0.729. The van der Waals surface area contributed by atoms with Gasteiger partial charge in [-0.1, -0.05) is 24.3 Å². The van der Waals surface area contributed by atoms with Crippen LogP contribution in [-0.4, -0.2) is 33.7 Å². The van der Waals surface area contributed by atoms with Gasteiger partial charge in [0.2, 0.25) is 5.91 Å². The molecule has 2 aromatic rings.